The average molecular weight is 208 g/mol. The van der Waals surface area contributed by atoms with E-state index >= 15 is 0 Å². The Morgan fingerprint density at radius 3 is 2.93 bits per heavy atom. The molecule has 0 atom stereocenters. The normalized spacial score (nSPS) is 10.9. The summed E-state index contributed by atoms with van der Waals surface area (Å²) in [6, 6.07) is 2.71. The predicted octanol–water partition coefficient (Wildman–Crippen LogP) is 0.863. The fourth-order valence-corrected chi connectivity index (χ4v) is 1.39. The monoisotopic (exact) mass is 208 g/mol. The lowest BCUT2D eigenvalue weighted by Crippen LogP contribution is -2.12. The molecule has 2 rings (SSSR count). The van der Waals surface area contributed by atoms with E-state index in [2.05, 4.69) is 9.97 Å². The number of hydrogen-bond acceptors (Lipinski definition) is 3. The summed E-state index contributed by atoms with van der Waals surface area (Å²) in [4.78, 5) is 17.6. The third kappa shape index (κ3) is 1.61. The van der Waals surface area contributed by atoms with Crippen LogP contribution in [0.5, 0.6) is 0 Å². The predicted molar refractivity (Wildman–Crippen MR) is 53.0 cm³/mol. The number of aliphatic hydroxyl groups excluding tert-OH is 1. The van der Waals surface area contributed by atoms with Crippen molar-refractivity contribution in [2.45, 2.75) is 13.5 Å². The molecular formula is C10H9FN2O2. The number of aliphatic hydroxyl groups is 1. The number of rotatable bonds is 1. The van der Waals surface area contributed by atoms with Crippen LogP contribution in [0.25, 0.3) is 11.0 Å². The molecule has 2 aromatic rings. The second-order valence-corrected chi connectivity index (χ2v) is 3.28. The van der Waals surface area contributed by atoms with Crippen LogP contribution in [0, 0.1) is 12.7 Å². The van der Waals surface area contributed by atoms with Gasteiger partial charge < -0.3 is 10.1 Å². The number of H-pyrrole nitrogens is 1. The maximum absolute atomic E-state index is 13.4. The smallest absolute Gasteiger partial charge is 0.269 e. The fourth-order valence-electron chi connectivity index (χ4n) is 1.39. The van der Waals surface area contributed by atoms with E-state index in [0.717, 1.165) is 0 Å². The Hall–Kier alpha value is -1.75. The van der Waals surface area contributed by atoms with Crippen LogP contribution >= 0.6 is 0 Å². The minimum Gasteiger partial charge on any atom is -0.392 e. The molecule has 0 spiro atoms. The molecule has 2 N–H and O–H groups in total. The van der Waals surface area contributed by atoms with Crippen molar-refractivity contribution in [3.63, 3.8) is 0 Å². The summed E-state index contributed by atoms with van der Waals surface area (Å²) >= 11 is 0. The highest BCUT2D eigenvalue weighted by Crippen LogP contribution is 2.15. The standard InChI is InChI=1S/C10H9FN2O2/c1-5-10(15)13-8-3-6(4-14)2-7(11)9(8)12-5/h2-3,14H,4H2,1H3,(H,13,15). The molecule has 4 nitrogen and oxygen atoms in total. The summed E-state index contributed by atoms with van der Waals surface area (Å²) < 4.78 is 13.4. The van der Waals surface area contributed by atoms with Gasteiger partial charge in [0.15, 0.2) is 5.82 Å². The Bertz CT molecular complexity index is 577. The van der Waals surface area contributed by atoms with E-state index in [0.29, 0.717) is 11.1 Å². The van der Waals surface area contributed by atoms with E-state index in [4.69, 9.17) is 5.11 Å². The number of fused-ring (bicyclic) bond motifs is 1. The molecule has 78 valence electrons. The molecule has 1 heterocycles. The molecule has 1 aromatic heterocycles. The molecule has 0 bridgehead atoms. The van der Waals surface area contributed by atoms with Crippen molar-refractivity contribution in [2.75, 3.05) is 0 Å². The minimum atomic E-state index is -0.545. The number of aromatic nitrogens is 2. The average Bonchev–Trinajstić information content (AvgIpc) is 2.21. The van der Waals surface area contributed by atoms with Gasteiger partial charge in [-0.2, -0.15) is 0 Å². The lowest BCUT2D eigenvalue weighted by Gasteiger charge is -2.02. The summed E-state index contributed by atoms with van der Waals surface area (Å²) in [7, 11) is 0. The van der Waals surface area contributed by atoms with Crippen LogP contribution in [0.3, 0.4) is 0 Å². The number of nitrogens with one attached hydrogen (secondary N) is 1. The van der Waals surface area contributed by atoms with Crippen LogP contribution < -0.4 is 5.56 Å². The van der Waals surface area contributed by atoms with Gasteiger partial charge in [0.1, 0.15) is 11.2 Å². The number of aromatic amines is 1. The van der Waals surface area contributed by atoms with Crippen LogP contribution in [0.15, 0.2) is 16.9 Å². The number of nitrogens with zero attached hydrogens (tertiary/aromatic N) is 1. The van der Waals surface area contributed by atoms with Gasteiger partial charge in [0.05, 0.1) is 12.1 Å². The topological polar surface area (TPSA) is 66.0 Å². The second-order valence-electron chi connectivity index (χ2n) is 3.28. The summed E-state index contributed by atoms with van der Waals surface area (Å²) in [6.07, 6.45) is 0. The molecule has 0 radical (unpaired) electrons. The Morgan fingerprint density at radius 2 is 2.27 bits per heavy atom. The first-order valence-electron chi connectivity index (χ1n) is 4.41. The van der Waals surface area contributed by atoms with E-state index < -0.39 is 5.82 Å². The lowest BCUT2D eigenvalue weighted by atomic mass is 10.2. The highest BCUT2D eigenvalue weighted by Gasteiger charge is 2.07. The van der Waals surface area contributed by atoms with E-state index in [9.17, 15) is 9.18 Å². The van der Waals surface area contributed by atoms with Crippen molar-refractivity contribution < 1.29 is 9.50 Å². The number of benzene rings is 1. The molecule has 0 aliphatic carbocycles. The number of halogens is 1. The summed E-state index contributed by atoms with van der Waals surface area (Å²) in [5.74, 6) is -0.545. The highest BCUT2D eigenvalue weighted by atomic mass is 19.1. The second kappa shape index (κ2) is 3.43. The SMILES string of the molecule is Cc1nc2c(F)cc(CO)cc2[nH]c1=O. The minimum absolute atomic E-state index is 0.115. The Morgan fingerprint density at radius 1 is 1.53 bits per heavy atom. The van der Waals surface area contributed by atoms with Crippen molar-refractivity contribution in [3.05, 3.63) is 39.6 Å². The molecule has 5 heteroatoms. The van der Waals surface area contributed by atoms with Gasteiger partial charge in [-0.25, -0.2) is 9.37 Å². The molecule has 1 aromatic carbocycles. The van der Waals surface area contributed by atoms with Gasteiger partial charge in [-0.05, 0) is 24.6 Å². The van der Waals surface area contributed by atoms with Crippen molar-refractivity contribution in [3.8, 4) is 0 Å². The fraction of sp³-hybridized carbons (Fsp3) is 0.200. The van der Waals surface area contributed by atoms with E-state index in [-0.39, 0.29) is 23.4 Å². The Labute approximate surface area is 84.4 Å². The van der Waals surface area contributed by atoms with Gasteiger partial charge in [0.25, 0.3) is 5.56 Å². The van der Waals surface area contributed by atoms with Crippen LogP contribution in [0.2, 0.25) is 0 Å². The van der Waals surface area contributed by atoms with Gasteiger partial charge in [-0.15, -0.1) is 0 Å². The summed E-state index contributed by atoms with van der Waals surface area (Å²) in [5.41, 5.74) is 0.690. The van der Waals surface area contributed by atoms with Gasteiger partial charge in [-0.3, -0.25) is 4.79 Å². The van der Waals surface area contributed by atoms with Crippen LogP contribution in [-0.2, 0) is 6.61 Å². The zero-order valence-electron chi connectivity index (χ0n) is 8.04. The van der Waals surface area contributed by atoms with Crippen LogP contribution in [-0.4, -0.2) is 15.1 Å². The van der Waals surface area contributed by atoms with Gasteiger partial charge >= 0.3 is 0 Å². The molecule has 0 fully saturated rings. The largest absolute Gasteiger partial charge is 0.392 e. The third-order valence-electron chi connectivity index (χ3n) is 2.16. The van der Waals surface area contributed by atoms with E-state index in [1.807, 2.05) is 0 Å². The zero-order valence-corrected chi connectivity index (χ0v) is 8.04. The first-order chi connectivity index (χ1) is 7.11. The molecular weight excluding hydrogens is 199 g/mol. The van der Waals surface area contributed by atoms with Crippen molar-refractivity contribution in [1.29, 1.82) is 0 Å². The summed E-state index contributed by atoms with van der Waals surface area (Å²) in [5, 5.41) is 8.87. The molecule has 15 heavy (non-hydrogen) atoms. The van der Waals surface area contributed by atoms with Crippen LogP contribution in [0.1, 0.15) is 11.3 Å². The van der Waals surface area contributed by atoms with E-state index in [1.54, 1.807) is 0 Å². The lowest BCUT2D eigenvalue weighted by molar-refractivity contribution is 0.281. The molecule has 0 saturated carbocycles. The number of hydrogen-bond donors (Lipinski definition) is 2. The van der Waals surface area contributed by atoms with Crippen LogP contribution in [0.4, 0.5) is 4.39 Å². The molecule has 0 unspecified atom stereocenters. The van der Waals surface area contributed by atoms with Crippen molar-refractivity contribution in [2.24, 2.45) is 0 Å². The molecule has 0 aliphatic rings. The number of aryl methyl sites for hydroxylation is 1. The Kier molecular flexibility index (Phi) is 2.24. The highest BCUT2D eigenvalue weighted by molar-refractivity contribution is 5.75. The molecule has 0 saturated heterocycles. The first kappa shape index (κ1) is 9.79. The quantitative estimate of drug-likeness (QED) is 0.730. The van der Waals surface area contributed by atoms with E-state index in [1.165, 1.54) is 19.1 Å². The van der Waals surface area contributed by atoms with Crippen molar-refractivity contribution >= 4 is 11.0 Å². The zero-order chi connectivity index (χ0) is 11.0. The van der Waals surface area contributed by atoms with Crippen molar-refractivity contribution in [1.82, 2.24) is 9.97 Å². The molecule has 0 aliphatic heterocycles. The van der Waals surface area contributed by atoms with Gasteiger partial charge in [-0.1, -0.05) is 0 Å². The third-order valence-corrected chi connectivity index (χ3v) is 2.16. The van der Waals surface area contributed by atoms with Gasteiger partial charge in [0.2, 0.25) is 0 Å². The first-order valence-corrected chi connectivity index (χ1v) is 4.41. The summed E-state index contributed by atoms with van der Waals surface area (Å²) in [6.45, 7) is 1.24. The maximum atomic E-state index is 13.4. The Balaban J connectivity index is 2.86. The maximum Gasteiger partial charge on any atom is 0.269 e. The molecule has 0 amide bonds. The van der Waals surface area contributed by atoms with Gasteiger partial charge in [0, 0.05) is 0 Å².